The third-order valence-electron chi connectivity index (χ3n) is 2.99. The first-order valence-corrected chi connectivity index (χ1v) is 6.61. The Morgan fingerprint density at radius 3 is 2.61 bits per heavy atom. The van der Waals surface area contributed by atoms with E-state index in [2.05, 4.69) is 5.32 Å². The number of nitrogens with two attached hydrogens (primary N) is 1. The maximum Gasteiger partial charge on any atom is 0.237 e. The van der Waals surface area contributed by atoms with E-state index in [1.807, 2.05) is 20.8 Å². The van der Waals surface area contributed by atoms with Crippen LogP contribution < -0.4 is 11.1 Å². The third-order valence-corrected chi connectivity index (χ3v) is 2.99. The van der Waals surface area contributed by atoms with Crippen LogP contribution in [0.25, 0.3) is 0 Å². The minimum atomic E-state index is -0.604. The number of carbonyl (C=O) groups is 1. The Balaban J connectivity index is 3.77. The molecule has 5 nitrogen and oxygen atoms in total. The molecular formula is C13H28N2O3. The maximum atomic E-state index is 11.4. The molecule has 18 heavy (non-hydrogen) atoms. The molecule has 0 bridgehead atoms. The molecule has 2 atom stereocenters. The van der Waals surface area contributed by atoms with Gasteiger partial charge in [-0.25, -0.2) is 0 Å². The van der Waals surface area contributed by atoms with Crippen LogP contribution in [0.4, 0.5) is 0 Å². The number of rotatable bonds is 11. The molecule has 0 saturated heterocycles. The van der Waals surface area contributed by atoms with Crippen molar-refractivity contribution >= 4 is 5.91 Å². The summed E-state index contributed by atoms with van der Waals surface area (Å²) < 4.78 is 10.5. The van der Waals surface area contributed by atoms with Crippen LogP contribution >= 0.6 is 0 Å². The molecule has 0 aliphatic rings. The molecule has 0 saturated carbocycles. The van der Waals surface area contributed by atoms with Gasteiger partial charge in [0.1, 0.15) is 0 Å². The molecule has 0 aromatic heterocycles. The number of nitrogens with one attached hydrogen (secondary N) is 1. The van der Waals surface area contributed by atoms with E-state index in [9.17, 15) is 4.79 Å². The Morgan fingerprint density at radius 2 is 2.11 bits per heavy atom. The number of methoxy groups -OCH3 is 1. The lowest BCUT2D eigenvalue weighted by molar-refractivity contribution is -0.124. The van der Waals surface area contributed by atoms with E-state index in [0.29, 0.717) is 13.2 Å². The lowest BCUT2D eigenvalue weighted by atomic mass is 9.94. The molecule has 0 aliphatic carbocycles. The van der Waals surface area contributed by atoms with E-state index < -0.39 is 5.54 Å². The predicted octanol–water partition coefficient (Wildman–Crippen LogP) is 1.06. The zero-order chi connectivity index (χ0) is 14.0. The van der Waals surface area contributed by atoms with Crippen molar-refractivity contribution in [2.45, 2.75) is 51.7 Å². The van der Waals surface area contributed by atoms with Crippen LogP contribution in [0.2, 0.25) is 0 Å². The average Bonchev–Trinajstić information content (AvgIpc) is 2.29. The number of amides is 1. The fourth-order valence-electron chi connectivity index (χ4n) is 1.84. The van der Waals surface area contributed by atoms with Crippen molar-refractivity contribution in [2.75, 3.05) is 26.9 Å². The summed E-state index contributed by atoms with van der Waals surface area (Å²) in [6.07, 6.45) is 2.68. The largest absolute Gasteiger partial charge is 0.382 e. The highest BCUT2D eigenvalue weighted by atomic mass is 16.5. The molecule has 5 heteroatoms. The molecule has 0 fully saturated rings. The standard InChI is InChI=1S/C13H28N2O3/c1-5-15-13(3,12(14)16)8-6-7-9-18-11(2)10-17-4/h11,15H,5-10H2,1-4H3,(H2,14,16). The van der Waals surface area contributed by atoms with Crippen LogP contribution in [-0.4, -0.2) is 44.4 Å². The number of primary amides is 1. The summed E-state index contributed by atoms with van der Waals surface area (Å²) in [6.45, 7) is 7.84. The average molecular weight is 260 g/mol. The Kier molecular flexibility index (Phi) is 8.97. The van der Waals surface area contributed by atoms with Crippen molar-refractivity contribution in [3.8, 4) is 0 Å². The first-order valence-electron chi connectivity index (χ1n) is 6.61. The van der Waals surface area contributed by atoms with E-state index in [-0.39, 0.29) is 12.0 Å². The van der Waals surface area contributed by atoms with Gasteiger partial charge in [0.15, 0.2) is 0 Å². The minimum Gasteiger partial charge on any atom is -0.382 e. The summed E-state index contributed by atoms with van der Waals surface area (Å²) in [5.41, 5.74) is 4.81. The van der Waals surface area contributed by atoms with Crippen molar-refractivity contribution in [2.24, 2.45) is 5.73 Å². The van der Waals surface area contributed by atoms with Gasteiger partial charge in [0.25, 0.3) is 0 Å². The summed E-state index contributed by atoms with van der Waals surface area (Å²) in [5.74, 6) is -0.294. The quantitative estimate of drug-likeness (QED) is 0.545. The molecule has 2 unspecified atom stereocenters. The van der Waals surface area contributed by atoms with Crippen LogP contribution in [0.15, 0.2) is 0 Å². The van der Waals surface area contributed by atoms with Crippen molar-refractivity contribution in [1.29, 1.82) is 0 Å². The van der Waals surface area contributed by atoms with E-state index in [1.165, 1.54) is 0 Å². The summed E-state index contributed by atoms with van der Waals surface area (Å²) >= 11 is 0. The first-order chi connectivity index (χ1) is 8.46. The molecule has 3 N–H and O–H groups in total. The molecule has 1 amide bonds. The molecule has 0 spiro atoms. The van der Waals surface area contributed by atoms with Gasteiger partial charge >= 0.3 is 0 Å². The molecule has 108 valence electrons. The van der Waals surface area contributed by atoms with Gasteiger partial charge in [0, 0.05) is 13.7 Å². The number of ether oxygens (including phenoxy) is 2. The minimum absolute atomic E-state index is 0.117. The summed E-state index contributed by atoms with van der Waals surface area (Å²) in [4.78, 5) is 11.4. The van der Waals surface area contributed by atoms with Crippen LogP contribution in [0.5, 0.6) is 0 Å². The Labute approximate surface area is 110 Å². The third kappa shape index (κ3) is 6.93. The smallest absolute Gasteiger partial charge is 0.237 e. The predicted molar refractivity (Wildman–Crippen MR) is 72.4 cm³/mol. The van der Waals surface area contributed by atoms with E-state index in [0.717, 1.165) is 25.8 Å². The summed E-state index contributed by atoms with van der Waals surface area (Å²) in [7, 11) is 1.66. The van der Waals surface area contributed by atoms with Gasteiger partial charge in [-0.3, -0.25) is 4.79 Å². The number of hydrogen-bond acceptors (Lipinski definition) is 4. The van der Waals surface area contributed by atoms with Crippen molar-refractivity contribution in [3.05, 3.63) is 0 Å². The normalized spacial score (nSPS) is 16.2. The van der Waals surface area contributed by atoms with Crippen molar-refractivity contribution in [3.63, 3.8) is 0 Å². The zero-order valence-corrected chi connectivity index (χ0v) is 12.1. The molecule has 0 aliphatic heterocycles. The van der Waals surface area contributed by atoms with Gasteiger partial charge in [-0.15, -0.1) is 0 Å². The van der Waals surface area contributed by atoms with Crippen LogP contribution in [0.1, 0.15) is 40.0 Å². The van der Waals surface area contributed by atoms with E-state index >= 15 is 0 Å². The molecule has 0 radical (unpaired) electrons. The number of carbonyl (C=O) groups excluding carboxylic acids is 1. The highest BCUT2D eigenvalue weighted by Gasteiger charge is 2.28. The summed E-state index contributed by atoms with van der Waals surface area (Å²) in [5, 5.41) is 3.14. The molecule has 0 rings (SSSR count). The number of unbranched alkanes of at least 4 members (excludes halogenated alkanes) is 1. The van der Waals surface area contributed by atoms with Crippen molar-refractivity contribution in [1.82, 2.24) is 5.32 Å². The van der Waals surface area contributed by atoms with Gasteiger partial charge in [-0.2, -0.15) is 0 Å². The van der Waals surface area contributed by atoms with Gasteiger partial charge in [-0.1, -0.05) is 6.92 Å². The lowest BCUT2D eigenvalue weighted by Gasteiger charge is -2.27. The number of hydrogen-bond donors (Lipinski definition) is 2. The Hall–Kier alpha value is -0.650. The first kappa shape index (κ1) is 17.4. The molecule has 0 aromatic rings. The SMILES string of the molecule is CCNC(C)(CCCCOC(C)COC)C(N)=O. The monoisotopic (exact) mass is 260 g/mol. The highest BCUT2D eigenvalue weighted by molar-refractivity contribution is 5.84. The maximum absolute atomic E-state index is 11.4. The van der Waals surface area contributed by atoms with Crippen LogP contribution in [0, 0.1) is 0 Å². The second kappa shape index (κ2) is 9.30. The van der Waals surface area contributed by atoms with Gasteiger partial charge < -0.3 is 20.5 Å². The topological polar surface area (TPSA) is 73.6 Å². The molecular weight excluding hydrogens is 232 g/mol. The fraction of sp³-hybridized carbons (Fsp3) is 0.923. The molecule has 0 aromatic carbocycles. The molecule has 0 heterocycles. The van der Waals surface area contributed by atoms with E-state index in [4.69, 9.17) is 15.2 Å². The zero-order valence-electron chi connectivity index (χ0n) is 12.1. The second-order valence-corrected chi connectivity index (χ2v) is 4.82. The summed E-state index contributed by atoms with van der Waals surface area (Å²) in [6, 6.07) is 0. The Morgan fingerprint density at radius 1 is 1.44 bits per heavy atom. The Bertz CT molecular complexity index is 236. The highest BCUT2D eigenvalue weighted by Crippen LogP contribution is 2.13. The van der Waals surface area contributed by atoms with Crippen molar-refractivity contribution < 1.29 is 14.3 Å². The second-order valence-electron chi connectivity index (χ2n) is 4.82. The van der Waals surface area contributed by atoms with Gasteiger partial charge in [0.2, 0.25) is 5.91 Å². The van der Waals surface area contributed by atoms with Crippen LogP contribution in [0.3, 0.4) is 0 Å². The van der Waals surface area contributed by atoms with Crippen LogP contribution in [-0.2, 0) is 14.3 Å². The lowest BCUT2D eigenvalue weighted by Crippen LogP contribution is -2.53. The fourth-order valence-corrected chi connectivity index (χ4v) is 1.84. The van der Waals surface area contributed by atoms with Gasteiger partial charge in [0.05, 0.1) is 18.2 Å². The van der Waals surface area contributed by atoms with E-state index in [1.54, 1.807) is 7.11 Å². The number of likely N-dealkylation sites (N-methyl/N-ethyl adjacent to an activating group) is 1. The van der Waals surface area contributed by atoms with Gasteiger partial charge in [-0.05, 0) is 39.7 Å².